The Morgan fingerprint density at radius 3 is 2.37 bits per heavy atom. The van der Waals surface area contributed by atoms with Crippen LogP contribution in [0.4, 0.5) is 17.6 Å². The molecule has 0 atom stereocenters. The van der Waals surface area contributed by atoms with Crippen molar-refractivity contribution in [3.05, 3.63) is 89.8 Å². The largest absolute Gasteiger partial charge is 0.573 e. The molecule has 1 aliphatic rings. The molecule has 3 aromatic carbocycles. The maximum absolute atomic E-state index is 14.2. The van der Waals surface area contributed by atoms with Crippen molar-refractivity contribution in [3.63, 3.8) is 0 Å². The van der Waals surface area contributed by atoms with Crippen molar-refractivity contribution in [1.82, 2.24) is 0 Å². The Morgan fingerprint density at radius 2 is 1.66 bits per heavy atom. The van der Waals surface area contributed by atoms with Gasteiger partial charge in [0, 0.05) is 11.6 Å². The highest BCUT2D eigenvalue weighted by Gasteiger charge is 2.31. The molecule has 0 N–H and O–H groups in total. The van der Waals surface area contributed by atoms with Gasteiger partial charge in [0.15, 0.2) is 0 Å². The molecule has 0 bridgehead atoms. The molecule has 0 spiro atoms. The molecular formula is C30H28F4O. The average molecular weight is 481 g/mol. The molecule has 5 heteroatoms. The average Bonchev–Trinajstić information content (AvgIpc) is 2.82. The summed E-state index contributed by atoms with van der Waals surface area (Å²) in [6.07, 6.45) is 5.73. The highest BCUT2D eigenvalue weighted by molar-refractivity contribution is 5.88. The van der Waals surface area contributed by atoms with Gasteiger partial charge in [0.2, 0.25) is 0 Å². The van der Waals surface area contributed by atoms with Gasteiger partial charge < -0.3 is 4.74 Å². The van der Waals surface area contributed by atoms with E-state index in [1.807, 2.05) is 30.3 Å². The van der Waals surface area contributed by atoms with E-state index in [4.69, 9.17) is 0 Å². The van der Waals surface area contributed by atoms with Crippen LogP contribution in [0.2, 0.25) is 0 Å². The first-order valence-corrected chi connectivity index (χ1v) is 12.0. The van der Waals surface area contributed by atoms with Crippen LogP contribution in [0.1, 0.15) is 55.2 Å². The number of aryl methyl sites for hydroxylation is 1. The maximum Gasteiger partial charge on any atom is 0.573 e. The highest BCUT2D eigenvalue weighted by Crippen LogP contribution is 2.33. The maximum atomic E-state index is 14.2. The van der Waals surface area contributed by atoms with Crippen LogP contribution in [0.3, 0.4) is 0 Å². The second-order valence-electron chi connectivity index (χ2n) is 9.25. The summed E-state index contributed by atoms with van der Waals surface area (Å²) in [6.45, 7) is 3.86. The number of hydrogen-bond donors (Lipinski definition) is 0. The molecule has 0 heterocycles. The van der Waals surface area contributed by atoms with Gasteiger partial charge in [0.05, 0.1) is 5.56 Å². The number of halogens is 4. The van der Waals surface area contributed by atoms with E-state index in [-0.39, 0.29) is 5.56 Å². The van der Waals surface area contributed by atoms with Gasteiger partial charge in [-0.3, -0.25) is 0 Å². The molecule has 3 aromatic rings. The molecular weight excluding hydrogens is 452 g/mol. The third kappa shape index (κ3) is 6.88. The highest BCUT2D eigenvalue weighted by atomic mass is 19.4. The van der Waals surface area contributed by atoms with Crippen LogP contribution in [-0.2, 0) is 6.42 Å². The molecule has 1 nitrogen and oxygen atoms in total. The molecule has 182 valence electrons. The molecule has 35 heavy (non-hydrogen) atoms. The van der Waals surface area contributed by atoms with Crippen molar-refractivity contribution < 1.29 is 22.3 Å². The normalized spacial score (nSPS) is 18.1. The van der Waals surface area contributed by atoms with E-state index in [0.29, 0.717) is 6.07 Å². The van der Waals surface area contributed by atoms with Crippen LogP contribution >= 0.6 is 0 Å². The van der Waals surface area contributed by atoms with Crippen molar-refractivity contribution >= 4 is 10.8 Å². The molecule has 4 rings (SSSR count). The van der Waals surface area contributed by atoms with E-state index in [0.717, 1.165) is 47.1 Å². The van der Waals surface area contributed by atoms with E-state index < -0.39 is 17.9 Å². The molecule has 0 saturated heterocycles. The summed E-state index contributed by atoms with van der Waals surface area (Å²) in [7, 11) is 0. The smallest absolute Gasteiger partial charge is 0.406 e. The van der Waals surface area contributed by atoms with Crippen LogP contribution in [-0.4, -0.2) is 6.36 Å². The quantitative estimate of drug-likeness (QED) is 0.195. The number of alkyl halides is 3. The molecule has 1 aliphatic carbocycles. The van der Waals surface area contributed by atoms with Crippen LogP contribution < -0.4 is 4.74 Å². The third-order valence-electron chi connectivity index (χ3n) is 6.76. The van der Waals surface area contributed by atoms with Crippen LogP contribution in [0.25, 0.3) is 10.8 Å². The summed E-state index contributed by atoms with van der Waals surface area (Å²) >= 11 is 0. The van der Waals surface area contributed by atoms with Crippen molar-refractivity contribution in [2.24, 2.45) is 11.8 Å². The van der Waals surface area contributed by atoms with Gasteiger partial charge in [0.25, 0.3) is 0 Å². The molecule has 1 saturated carbocycles. The van der Waals surface area contributed by atoms with Crippen LogP contribution in [0, 0.1) is 29.5 Å². The van der Waals surface area contributed by atoms with Crippen molar-refractivity contribution in [2.75, 3.05) is 0 Å². The second kappa shape index (κ2) is 11.0. The molecule has 0 aromatic heterocycles. The van der Waals surface area contributed by atoms with E-state index in [1.54, 1.807) is 0 Å². The van der Waals surface area contributed by atoms with Gasteiger partial charge >= 0.3 is 6.36 Å². The lowest BCUT2D eigenvalue weighted by Crippen LogP contribution is -2.17. The van der Waals surface area contributed by atoms with Crippen LogP contribution in [0.5, 0.6) is 5.75 Å². The Hall–Kier alpha value is -3.26. The standard InChI is InChI=1S/C30H28F4O/c1-2-4-21-7-9-22(10-8-21)11-12-23-13-18-28-24(5-3-6-26(28)19-23)14-15-25-16-17-27(20-29(25)31)35-30(32,33)34/h2-3,5-6,13,16-22H,1,4,7-12H2. The third-order valence-corrected chi connectivity index (χ3v) is 6.76. The minimum absolute atomic E-state index is 0.0101. The van der Waals surface area contributed by atoms with Crippen LogP contribution in [0.15, 0.2) is 67.3 Å². The first-order valence-electron chi connectivity index (χ1n) is 12.0. The van der Waals surface area contributed by atoms with Gasteiger partial charge in [0.1, 0.15) is 11.6 Å². The van der Waals surface area contributed by atoms with Gasteiger partial charge in [-0.15, -0.1) is 19.8 Å². The fourth-order valence-electron chi connectivity index (χ4n) is 4.89. The van der Waals surface area contributed by atoms with Crippen molar-refractivity contribution in [1.29, 1.82) is 0 Å². The molecule has 0 amide bonds. The topological polar surface area (TPSA) is 9.23 Å². The van der Waals surface area contributed by atoms with Crippen molar-refractivity contribution in [3.8, 4) is 17.6 Å². The van der Waals surface area contributed by atoms with E-state index in [9.17, 15) is 17.6 Å². The fraction of sp³-hybridized carbons (Fsp3) is 0.333. The lowest BCUT2D eigenvalue weighted by molar-refractivity contribution is -0.274. The Labute approximate surface area is 203 Å². The number of fused-ring (bicyclic) bond motifs is 1. The van der Waals surface area contributed by atoms with Crippen molar-refractivity contribution in [2.45, 2.75) is 51.3 Å². The Kier molecular flexibility index (Phi) is 7.80. The Bertz CT molecular complexity index is 1240. The minimum Gasteiger partial charge on any atom is -0.406 e. The summed E-state index contributed by atoms with van der Waals surface area (Å²) in [6, 6.07) is 15.1. The van der Waals surface area contributed by atoms with E-state index >= 15 is 0 Å². The number of ether oxygens (including phenoxy) is 1. The zero-order valence-corrected chi connectivity index (χ0v) is 19.5. The Balaban J connectivity index is 1.44. The first kappa shape index (κ1) is 24.9. The zero-order chi connectivity index (χ0) is 24.8. The lowest BCUT2D eigenvalue weighted by Gasteiger charge is -2.27. The molecule has 0 unspecified atom stereocenters. The number of hydrogen-bond acceptors (Lipinski definition) is 1. The first-order chi connectivity index (χ1) is 16.8. The van der Waals surface area contributed by atoms with E-state index in [1.165, 1.54) is 43.7 Å². The minimum atomic E-state index is -4.87. The Morgan fingerprint density at radius 1 is 0.914 bits per heavy atom. The molecule has 0 radical (unpaired) electrons. The van der Waals surface area contributed by atoms with Gasteiger partial charge in [-0.1, -0.05) is 61.1 Å². The number of benzene rings is 3. The molecule has 1 fully saturated rings. The summed E-state index contributed by atoms with van der Waals surface area (Å²) in [5.74, 6) is 5.83. The number of allylic oxidation sites excluding steroid dienone is 1. The summed E-state index contributed by atoms with van der Waals surface area (Å²) in [5, 5.41) is 2.03. The fourth-order valence-corrected chi connectivity index (χ4v) is 4.89. The van der Waals surface area contributed by atoms with Gasteiger partial charge in [-0.25, -0.2) is 4.39 Å². The SMILES string of the molecule is C=CCC1CCC(CCc2ccc3c(C#Cc4ccc(OC(F)(F)F)cc4F)cccc3c2)CC1. The van der Waals surface area contributed by atoms with Gasteiger partial charge in [-0.2, -0.15) is 0 Å². The monoisotopic (exact) mass is 480 g/mol. The number of rotatable bonds is 6. The van der Waals surface area contributed by atoms with Gasteiger partial charge in [-0.05, 0) is 78.5 Å². The predicted octanol–water partition coefficient (Wildman–Crippen LogP) is 8.59. The summed E-state index contributed by atoms with van der Waals surface area (Å²) < 4.78 is 55.0. The molecule has 0 aliphatic heterocycles. The summed E-state index contributed by atoms with van der Waals surface area (Å²) in [5.41, 5.74) is 2.04. The second-order valence-corrected chi connectivity index (χ2v) is 9.25. The zero-order valence-electron chi connectivity index (χ0n) is 19.5. The summed E-state index contributed by atoms with van der Waals surface area (Å²) in [4.78, 5) is 0. The lowest BCUT2D eigenvalue weighted by atomic mass is 9.78. The van der Waals surface area contributed by atoms with E-state index in [2.05, 4.69) is 35.3 Å². The predicted molar refractivity (Wildman–Crippen MR) is 132 cm³/mol.